The number of ether oxygens (including phenoxy) is 1. The summed E-state index contributed by atoms with van der Waals surface area (Å²) in [5.74, 6) is 0.128. The first kappa shape index (κ1) is 19.4. The summed E-state index contributed by atoms with van der Waals surface area (Å²) >= 11 is 0. The van der Waals surface area contributed by atoms with E-state index >= 15 is 0 Å². The molecule has 1 aliphatic carbocycles. The number of nitrogens with zero attached hydrogens (tertiary/aromatic N) is 1. The molecule has 0 aliphatic heterocycles. The largest absolute Gasteiger partial charge is 0.511 e. The summed E-state index contributed by atoms with van der Waals surface area (Å²) in [4.78, 5) is 23.3. The number of carboxylic acid groups (broad SMARTS) is 1. The molecule has 3 rings (SSSR count). The Bertz CT molecular complexity index is 886. The number of benzene rings is 2. The van der Waals surface area contributed by atoms with Crippen molar-refractivity contribution in [1.82, 2.24) is 5.32 Å². The van der Waals surface area contributed by atoms with Crippen LogP contribution in [-0.4, -0.2) is 23.7 Å². The van der Waals surface area contributed by atoms with Crippen LogP contribution >= 0.6 is 0 Å². The molecule has 144 valence electrons. The van der Waals surface area contributed by atoms with Gasteiger partial charge < -0.3 is 15.2 Å². The fraction of sp³-hybridized carbons (Fsp3) is 0.318. The Hall–Kier alpha value is -3.33. The van der Waals surface area contributed by atoms with Gasteiger partial charge in [-0.25, -0.2) is 4.79 Å². The highest BCUT2D eigenvalue weighted by atomic mass is 16.7. The van der Waals surface area contributed by atoms with Crippen molar-refractivity contribution in [3.8, 4) is 22.9 Å². The summed E-state index contributed by atoms with van der Waals surface area (Å²) in [5.41, 5.74) is 3.07. The molecule has 0 saturated heterocycles. The fourth-order valence-corrected chi connectivity index (χ4v) is 3.96. The monoisotopic (exact) mass is 378 g/mol. The van der Waals surface area contributed by atoms with Crippen molar-refractivity contribution in [2.75, 3.05) is 6.54 Å². The number of rotatable bonds is 5. The Morgan fingerprint density at radius 3 is 2.54 bits per heavy atom. The van der Waals surface area contributed by atoms with Crippen molar-refractivity contribution in [1.29, 1.82) is 5.26 Å². The fourth-order valence-electron chi connectivity index (χ4n) is 3.96. The van der Waals surface area contributed by atoms with Gasteiger partial charge in [0.2, 0.25) is 5.91 Å². The molecule has 0 heterocycles. The maximum atomic E-state index is 12.6. The molecule has 0 bridgehead atoms. The predicted molar refractivity (Wildman–Crippen MR) is 104 cm³/mol. The lowest BCUT2D eigenvalue weighted by Gasteiger charge is -2.32. The quantitative estimate of drug-likeness (QED) is 0.458. The van der Waals surface area contributed by atoms with Gasteiger partial charge in [-0.05, 0) is 47.6 Å². The maximum absolute atomic E-state index is 12.6. The van der Waals surface area contributed by atoms with Crippen LogP contribution in [0.3, 0.4) is 0 Å². The zero-order chi connectivity index (χ0) is 19.9. The van der Waals surface area contributed by atoms with Gasteiger partial charge in [0.15, 0.2) is 0 Å². The molecule has 6 heteroatoms. The van der Waals surface area contributed by atoms with E-state index in [2.05, 4.69) is 16.1 Å². The summed E-state index contributed by atoms with van der Waals surface area (Å²) in [7, 11) is 0. The first-order valence-electron chi connectivity index (χ1n) is 9.35. The van der Waals surface area contributed by atoms with E-state index in [-0.39, 0.29) is 30.0 Å². The normalized spacial score (nSPS) is 18.7. The smallest absolute Gasteiger partial charge is 0.449 e. The number of nitriles is 1. The van der Waals surface area contributed by atoms with Crippen molar-refractivity contribution in [3.05, 3.63) is 54.1 Å². The lowest BCUT2D eigenvalue weighted by Crippen LogP contribution is -2.36. The zero-order valence-corrected chi connectivity index (χ0v) is 15.4. The second-order valence-electron chi connectivity index (χ2n) is 6.85. The molecule has 6 nitrogen and oxygen atoms in total. The highest BCUT2D eigenvalue weighted by Gasteiger charge is 2.33. The molecular formula is C22H22N2O4. The van der Waals surface area contributed by atoms with E-state index in [1.807, 2.05) is 36.4 Å². The topological polar surface area (TPSA) is 99.4 Å². The molecule has 2 N–H and O–H groups in total. The third-order valence-corrected chi connectivity index (χ3v) is 5.18. The summed E-state index contributed by atoms with van der Waals surface area (Å²) in [6.45, 7) is 0.0226. The lowest BCUT2D eigenvalue weighted by molar-refractivity contribution is -0.126. The Labute approximate surface area is 163 Å². The SMILES string of the molecule is N#CCNC(=O)C1CCCCC1c1ccccc1-c1ccc(OC(=O)O)cc1. The van der Waals surface area contributed by atoms with Gasteiger partial charge in [-0.15, -0.1) is 0 Å². The van der Waals surface area contributed by atoms with Gasteiger partial charge in [0.1, 0.15) is 12.3 Å². The lowest BCUT2D eigenvalue weighted by atomic mass is 9.73. The van der Waals surface area contributed by atoms with Crippen LogP contribution in [0.15, 0.2) is 48.5 Å². The average Bonchev–Trinajstić information content (AvgIpc) is 2.72. The van der Waals surface area contributed by atoms with Crippen molar-refractivity contribution in [2.24, 2.45) is 5.92 Å². The Kier molecular flexibility index (Phi) is 6.28. The van der Waals surface area contributed by atoms with Gasteiger partial charge in [-0.2, -0.15) is 5.26 Å². The molecule has 28 heavy (non-hydrogen) atoms. The molecule has 0 spiro atoms. The summed E-state index contributed by atoms with van der Waals surface area (Å²) in [5, 5.41) is 20.2. The highest BCUT2D eigenvalue weighted by Crippen LogP contribution is 2.42. The van der Waals surface area contributed by atoms with Crippen LogP contribution in [0.1, 0.15) is 37.2 Å². The van der Waals surface area contributed by atoms with E-state index in [0.717, 1.165) is 42.4 Å². The van der Waals surface area contributed by atoms with Crippen molar-refractivity contribution in [2.45, 2.75) is 31.6 Å². The number of amides is 1. The van der Waals surface area contributed by atoms with Crippen molar-refractivity contribution in [3.63, 3.8) is 0 Å². The van der Waals surface area contributed by atoms with Gasteiger partial charge in [-0.1, -0.05) is 49.2 Å². The van der Waals surface area contributed by atoms with Crippen LogP contribution in [-0.2, 0) is 4.79 Å². The van der Waals surface area contributed by atoms with Crippen LogP contribution < -0.4 is 10.1 Å². The first-order chi connectivity index (χ1) is 13.6. The van der Waals surface area contributed by atoms with E-state index in [4.69, 9.17) is 10.4 Å². The van der Waals surface area contributed by atoms with E-state index in [1.165, 1.54) is 0 Å². The molecule has 2 atom stereocenters. The van der Waals surface area contributed by atoms with Crippen LogP contribution in [0.5, 0.6) is 5.75 Å². The minimum atomic E-state index is -1.35. The van der Waals surface area contributed by atoms with Gasteiger partial charge in [0, 0.05) is 5.92 Å². The minimum absolute atomic E-state index is 0.0226. The van der Waals surface area contributed by atoms with E-state index in [1.54, 1.807) is 12.1 Å². The van der Waals surface area contributed by atoms with Crippen molar-refractivity contribution < 1.29 is 19.4 Å². The standard InChI is InChI=1S/C22H22N2O4/c23-13-14-24-21(25)20-8-4-3-7-19(20)18-6-2-1-5-17(18)15-9-11-16(12-10-15)28-22(26)27/h1-2,5-6,9-12,19-20H,3-4,7-8,14H2,(H,24,25)(H,26,27). The second-order valence-corrected chi connectivity index (χ2v) is 6.85. The zero-order valence-electron chi connectivity index (χ0n) is 15.4. The average molecular weight is 378 g/mol. The third kappa shape index (κ3) is 4.49. The van der Waals surface area contributed by atoms with Gasteiger partial charge in [-0.3, -0.25) is 4.79 Å². The highest BCUT2D eigenvalue weighted by molar-refractivity contribution is 5.81. The number of hydrogen-bond donors (Lipinski definition) is 2. The molecule has 0 aromatic heterocycles. The summed E-state index contributed by atoms with van der Waals surface area (Å²) in [6, 6.07) is 16.8. The summed E-state index contributed by atoms with van der Waals surface area (Å²) in [6.07, 6.45) is 2.45. The molecule has 1 amide bonds. The van der Waals surface area contributed by atoms with E-state index < -0.39 is 6.16 Å². The number of hydrogen-bond acceptors (Lipinski definition) is 4. The Morgan fingerprint density at radius 2 is 1.82 bits per heavy atom. The summed E-state index contributed by atoms with van der Waals surface area (Å²) < 4.78 is 4.68. The molecule has 1 saturated carbocycles. The number of nitrogens with one attached hydrogen (secondary N) is 1. The molecular weight excluding hydrogens is 356 g/mol. The van der Waals surface area contributed by atoms with Crippen LogP contribution in [0.2, 0.25) is 0 Å². The van der Waals surface area contributed by atoms with Crippen LogP contribution in [0.4, 0.5) is 4.79 Å². The minimum Gasteiger partial charge on any atom is -0.449 e. The van der Waals surface area contributed by atoms with E-state index in [0.29, 0.717) is 0 Å². The van der Waals surface area contributed by atoms with E-state index in [9.17, 15) is 9.59 Å². The van der Waals surface area contributed by atoms with Crippen LogP contribution in [0, 0.1) is 17.2 Å². The van der Waals surface area contributed by atoms with Gasteiger partial charge in [0.05, 0.1) is 6.07 Å². The molecule has 0 radical (unpaired) electrons. The van der Waals surface area contributed by atoms with Crippen molar-refractivity contribution >= 4 is 12.1 Å². The first-order valence-corrected chi connectivity index (χ1v) is 9.35. The molecule has 2 aromatic carbocycles. The Morgan fingerprint density at radius 1 is 1.11 bits per heavy atom. The molecule has 2 aromatic rings. The molecule has 2 unspecified atom stereocenters. The van der Waals surface area contributed by atoms with Gasteiger partial charge in [0.25, 0.3) is 0 Å². The number of carbonyl (C=O) groups is 2. The maximum Gasteiger partial charge on any atom is 0.511 e. The molecule has 1 aliphatic rings. The predicted octanol–water partition coefficient (Wildman–Crippen LogP) is 4.32. The van der Waals surface area contributed by atoms with Crippen LogP contribution in [0.25, 0.3) is 11.1 Å². The Balaban J connectivity index is 1.91. The second kappa shape index (κ2) is 9.05. The van der Waals surface area contributed by atoms with Gasteiger partial charge >= 0.3 is 6.16 Å². The molecule has 1 fully saturated rings. The third-order valence-electron chi connectivity index (χ3n) is 5.18. The number of carbonyl (C=O) groups excluding carboxylic acids is 1.